The maximum atomic E-state index is 11.9. The van der Waals surface area contributed by atoms with Gasteiger partial charge in [0, 0.05) is 23.7 Å². The summed E-state index contributed by atoms with van der Waals surface area (Å²) in [4.78, 5) is 31.8. The Morgan fingerprint density at radius 1 is 1.00 bits per heavy atom. The summed E-state index contributed by atoms with van der Waals surface area (Å²) in [6.45, 7) is 10.0. The van der Waals surface area contributed by atoms with Gasteiger partial charge < -0.3 is 14.2 Å². The van der Waals surface area contributed by atoms with Crippen LogP contribution in [-0.2, 0) is 11.3 Å². The molecule has 2 fully saturated rings. The highest BCUT2D eigenvalue weighted by Crippen LogP contribution is 2.40. The van der Waals surface area contributed by atoms with Crippen molar-refractivity contribution in [3.05, 3.63) is 101 Å². The minimum atomic E-state index is -0.686. The van der Waals surface area contributed by atoms with Crippen LogP contribution >= 0.6 is 11.6 Å². The molecular weight excluding hydrogens is 590 g/mol. The number of nitrogens with zero attached hydrogens (tertiary/aromatic N) is 6. The average Bonchev–Trinajstić information content (AvgIpc) is 3.68. The summed E-state index contributed by atoms with van der Waals surface area (Å²) in [7, 11) is 0. The summed E-state index contributed by atoms with van der Waals surface area (Å²) in [5, 5.41) is 4.45. The highest BCUT2D eigenvalue weighted by Gasteiger charge is 2.36. The summed E-state index contributed by atoms with van der Waals surface area (Å²) in [5.74, 6) is 1.41. The predicted octanol–water partition coefficient (Wildman–Crippen LogP) is 6.61. The minimum absolute atomic E-state index is 0.129. The lowest BCUT2D eigenvalue weighted by molar-refractivity contribution is 0.0410. The number of morpholine rings is 1. The molecule has 1 saturated carbocycles. The third-order valence-electron chi connectivity index (χ3n) is 8.92. The Labute approximate surface area is 265 Å². The molecule has 1 aliphatic carbocycles. The van der Waals surface area contributed by atoms with Crippen LogP contribution in [-0.4, -0.2) is 48.9 Å². The first kappa shape index (κ1) is 29.2. The molecule has 11 heteroatoms. The number of aromatic amines is 1. The van der Waals surface area contributed by atoms with E-state index in [9.17, 15) is 4.79 Å². The molecule has 1 saturated heterocycles. The van der Waals surface area contributed by atoms with Crippen molar-refractivity contribution in [2.24, 2.45) is 11.8 Å². The van der Waals surface area contributed by atoms with E-state index in [0.717, 1.165) is 54.8 Å². The Kier molecular flexibility index (Phi) is 8.08. The summed E-state index contributed by atoms with van der Waals surface area (Å²) < 4.78 is 13.3. The summed E-state index contributed by atoms with van der Waals surface area (Å²) >= 11 is 6.49. The van der Waals surface area contributed by atoms with Gasteiger partial charge in [-0.25, -0.2) is 14.8 Å². The SMILES string of the molecule is C=CC1CCC(Cn2c(N3CCOC(C=C)C3c3ccccc3)nc3nc(-c4noc(=O)[nH]4)nc(-c4cccc(Cl)c4)c32)CC1. The number of aromatic nitrogens is 6. The molecule has 2 unspecified atom stereocenters. The number of anilines is 1. The standard InChI is InChI=1S/C34H34ClN7O3/c1-3-21-13-15-22(16-14-21)20-42-29-27(24-11-8-12-25(35)19-24)36-31(32-39-34(43)45-40-32)37-30(29)38-33(42)41-17-18-44-26(4-2)28(41)23-9-6-5-7-10-23/h3-12,19,21-22,26,28H,1-2,13-18,20H2,(H,39,40,43). The summed E-state index contributed by atoms with van der Waals surface area (Å²) in [5.41, 5.74) is 3.83. The van der Waals surface area contributed by atoms with E-state index in [0.29, 0.717) is 41.4 Å². The van der Waals surface area contributed by atoms with E-state index in [2.05, 4.69) is 51.0 Å². The molecule has 5 aromatic rings. The number of halogens is 1. The van der Waals surface area contributed by atoms with E-state index in [1.807, 2.05) is 48.5 Å². The second kappa shape index (κ2) is 12.5. The molecule has 3 aromatic heterocycles. The number of H-pyrrole nitrogens is 1. The van der Waals surface area contributed by atoms with Crippen molar-refractivity contribution in [3.63, 3.8) is 0 Å². The van der Waals surface area contributed by atoms with Crippen LogP contribution in [0.2, 0.25) is 5.02 Å². The van der Waals surface area contributed by atoms with Crippen molar-refractivity contribution >= 4 is 28.7 Å². The van der Waals surface area contributed by atoms with Crippen LogP contribution in [0.3, 0.4) is 0 Å². The molecule has 4 heterocycles. The first-order valence-corrected chi connectivity index (χ1v) is 15.7. The van der Waals surface area contributed by atoms with E-state index < -0.39 is 5.76 Å². The average molecular weight is 624 g/mol. The Morgan fingerprint density at radius 2 is 1.82 bits per heavy atom. The number of hydrogen-bond donors (Lipinski definition) is 1. The quantitative estimate of drug-likeness (QED) is 0.192. The van der Waals surface area contributed by atoms with Gasteiger partial charge >= 0.3 is 5.76 Å². The highest BCUT2D eigenvalue weighted by atomic mass is 35.5. The summed E-state index contributed by atoms with van der Waals surface area (Å²) in [6, 6.07) is 17.7. The Hall–Kier alpha value is -4.54. The van der Waals surface area contributed by atoms with E-state index >= 15 is 0 Å². The Bertz CT molecular complexity index is 1890. The first-order valence-electron chi connectivity index (χ1n) is 15.3. The smallest absolute Gasteiger partial charge is 0.370 e. The van der Waals surface area contributed by atoms with Gasteiger partial charge in [0.15, 0.2) is 5.65 Å². The molecule has 1 N–H and O–H groups in total. The molecule has 0 amide bonds. The number of nitrogens with one attached hydrogen (secondary N) is 1. The van der Waals surface area contributed by atoms with E-state index in [-0.39, 0.29) is 23.8 Å². The predicted molar refractivity (Wildman–Crippen MR) is 174 cm³/mol. The Morgan fingerprint density at radius 3 is 2.53 bits per heavy atom. The van der Waals surface area contributed by atoms with E-state index in [4.69, 9.17) is 35.8 Å². The van der Waals surface area contributed by atoms with Gasteiger partial charge in [-0.2, -0.15) is 4.98 Å². The second-order valence-electron chi connectivity index (χ2n) is 11.7. The van der Waals surface area contributed by atoms with Crippen LogP contribution < -0.4 is 10.7 Å². The molecule has 0 bridgehead atoms. The monoisotopic (exact) mass is 623 g/mol. The van der Waals surface area contributed by atoms with Gasteiger partial charge in [-0.3, -0.25) is 9.51 Å². The van der Waals surface area contributed by atoms with Gasteiger partial charge in [0.2, 0.25) is 17.6 Å². The van der Waals surface area contributed by atoms with Crippen molar-refractivity contribution in [2.45, 2.75) is 44.4 Å². The molecule has 2 aliphatic rings. The van der Waals surface area contributed by atoms with Gasteiger partial charge in [-0.05, 0) is 55.2 Å². The van der Waals surface area contributed by atoms with Crippen molar-refractivity contribution in [2.75, 3.05) is 18.1 Å². The topological polar surface area (TPSA) is 115 Å². The van der Waals surface area contributed by atoms with Gasteiger partial charge in [0.1, 0.15) is 11.2 Å². The van der Waals surface area contributed by atoms with Crippen molar-refractivity contribution in [3.8, 4) is 22.9 Å². The van der Waals surface area contributed by atoms with Crippen molar-refractivity contribution in [1.82, 2.24) is 29.7 Å². The lowest BCUT2D eigenvalue weighted by Crippen LogP contribution is -2.46. The molecule has 2 atom stereocenters. The number of fused-ring (bicyclic) bond motifs is 1. The van der Waals surface area contributed by atoms with Crippen LogP contribution in [0.25, 0.3) is 34.1 Å². The molecule has 230 valence electrons. The zero-order valence-corrected chi connectivity index (χ0v) is 25.6. The van der Waals surface area contributed by atoms with Gasteiger partial charge in [-0.1, -0.05) is 71.4 Å². The molecular formula is C34H34ClN7O3. The normalized spacial score (nSPS) is 22.0. The fraction of sp³-hybridized carbons (Fsp3) is 0.324. The van der Waals surface area contributed by atoms with Gasteiger partial charge in [-0.15, -0.1) is 13.2 Å². The van der Waals surface area contributed by atoms with Crippen LogP contribution in [0.15, 0.2) is 89.2 Å². The second-order valence-corrected chi connectivity index (χ2v) is 12.1. The number of ether oxygens (including phenoxy) is 1. The van der Waals surface area contributed by atoms with Crippen LogP contribution in [0.1, 0.15) is 37.3 Å². The number of rotatable bonds is 8. The fourth-order valence-corrected chi connectivity index (χ4v) is 6.88. The first-order chi connectivity index (χ1) is 22.0. The molecule has 0 spiro atoms. The van der Waals surface area contributed by atoms with Crippen molar-refractivity contribution < 1.29 is 9.26 Å². The Balaban J connectivity index is 1.46. The number of benzene rings is 2. The zero-order chi connectivity index (χ0) is 30.9. The molecule has 0 radical (unpaired) electrons. The number of allylic oxidation sites excluding steroid dienone is 1. The third-order valence-corrected chi connectivity index (χ3v) is 9.15. The summed E-state index contributed by atoms with van der Waals surface area (Å²) in [6.07, 6.45) is 8.10. The zero-order valence-electron chi connectivity index (χ0n) is 24.8. The van der Waals surface area contributed by atoms with Gasteiger partial charge in [0.05, 0.1) is 18.8 Å². The maximum absolute atomic E-state index is 11.9. The molecule has 2 aromatic carbocycles. The lowest BCUT2D eigenvalue weighted by atomic mass is 9.82. The van der Waals surface area contributed by atoms with E-state index in [1.165, 1.54) is 0 Å². The fourth-order valence-electron chi connectivity index (χ4n) is 6.69. The van der Waals surface area contributed by atoms with Crippen LogP contribution in [0.4, 0.5) is 5.95 Å². The van der Waals surface area contributed by atoms with Gasteiger partial charge in [0.25, 0.3) is 0 Å². The molecule has 45 heavy (non-hydrogen) atoms. The third kappa shape index (κ3) is 5.71. The maximum Gasteiger partial charge on any atom is 0.439 e. The molecule has 1 aliphatic heterocycles. The number of hydrogen-bond acceptors (Lipinski definition) is 8. The lowest BCUT2D eigenvalue weighted by Gasteiger charge is -2.41. The van der Waals surface area contributed by atoms with Crippen LogP contribution in [0.5, 0.6) is 0 Å². The molecule has 7 rings (SSSR count). The van der Waals surface area contributed by atoms with Crippen molar-refractivity contribution in [1.29, 1.82) is 0 Å². The highest BCUT2D eigenvalue weighted by molar-refractivity contribution is 6.30. The molecule has 10 nitrogen and oxygen atoms in total. The number of imidazole rings is 1. The van der Waals surface area contributed by atoms with Crippen LogP contribution in [0, 0.1) is 11.8 Å². The minimum Gasteiger partial charge on any atom is -0.370 e. The largest absolute Gasteiger partial charge is 0.439 e. The van der Waals surface area contributed by atoms with E-state index in [1.54, 1.807) is 0 Å².